The van der Waals surface area contributed by atoms with Gasteiger partial charge in [0.05, 0.1) is 10.7 Å². The maximum absolute atomic E-state index is 14.0. The molecule has 0 saturated carbocycles. The van der Waals surface area contributed by atoms with Gasteiger partial charge in [-0.25, -0.2) is 12.8 Å². The Morgan fingerprint density at radius 1 is 1.29 bits per heavy atom. The summed E-state index contributed by atoms with van der Waals surface area (Å²) in [5.41, 5.74) is 0.0766. The third-order valence-corrected chi connectivity index (χ3v) is 7.45. The highest BCUT2D eigenvalue weighted by atomic mass is 79.9. The number of hydrogen-bond donors (Lipinski definition) is 1. The fourth-order valence-electron chi connectivity index (χ4n) is 3.13. The molecule has 1 N–H and O–H groups in total. The second-order valence-corrected chi connectivity index (χ2v) is 10.1. The van der Waals surface area contributed by atoms with E-state index >= 15 is 0 Å². The minimum Gasteiger partial charge on any atom is -0.319 e. The zero-order valence-corrected chi connectivity index (χ0v) is 18.2. The molecule has 1 amide bonds. The van der Waals surface area contributed by atoms with Crippen LogP contribution in [0.25, 0.3) is 0 Å². The molecule has 150 valence electrons. The molecule has 1 atom stereocenters. The highest BCUT2D eigenvalue weighted by Gasteiger charge is 2.31. The molecule has 0 radical (unpaired) electrons. The monoisotopic (exact) mass is 488 g/mol. The maximum Gasteiger partial charge on any atom is 0.255 e. The van der Waals surface area contributed by atoms with E-state index in [1.54, 1.807) is 6.07 Å². The van der Waals surface area contributed by atoms with Crippen LogP contribution in [0, 0.1) is 11.7 Å². The van der Waals surface area contributed by atoms with Gasteiger partial charge in [0, 0.05) is 23.1 Å². The smallest absolute Gasteiger partial charge is 0.255 e. The van der Waals surface area contributed by atoms with Crippen LogP contribution in [0.1, 0.15) is 30.1 Å². The predicted molar refractivity (Wildman–Crippen MR) is 111 cm³/mol. The van der Waals surface area contributed by atoms with E-state index in [0.29, 0.717) is 17.6 Å². The van der Waals surface area contributed by atoms with Crippen molar-refractivity contribution >= 4 is 49.1 Å². The zero-order chi connectivity index (χ0) is 20.5. The maximum atomic E-state index is 14.0. The highest BCUT2D eigenvalue weighted by Crippen LogP contribution is 2.29. The van der Waals surface area contributed by atoms with Crippen LogP contribution in [-0.4, -0.2) is 31.7 Å². The minimum absolute atomic E-state index is 0.00240. The van der Waals surface area contributed by atoms with Gasteiger partial charge < -0.3 is 5.32 Å². The topological polar surface area (TPSA) is 66.5 Å². The molecule has 3 rings (SSSR count). The van der Waals surface area contributed by atoms with Crippen LogP contribution in [0.15, 0.2) is 45.8 Å². The van der Waals surface area contributed by atoms with E-state index in [4.69, 9.17) is 11.6 Å². The Bertz CT molecular complexity index is 1020. The zero-order valence-electron chi connectivity index (χ0n) is 15.1. The molecule has 9 heteroatoms. The molecule has 28 heavy (non-hydrogen) atoms. The Labute approximate surface area is 177 Å². The van der Waals surface area contributed by atoms with E-state index in [-0.39, 0.29) is 27.1 Å². The molecule has 2 aromatic rings. The van der Waals surface area contributed by atoms with Crippen LogP contribution in [0.3, 0.4) is 0 Å². The molecule has 0 aromatic heterocycles. The Morgan fingerprint density at radius 3 is 2.71 bits per heavy atom. The molecular weight excluding hydrogens is 471 g/mol. The third kappa shape index (κ3) is 4.56. The van der Waals surface area contributed by atoms with E-state index in [0.717, 1.165) is 12.8 Å². The summed E-state index contributed by atoms with van der Waals surface area (Å²) in [5, 5.41) is 2.50. The van der Waals surface area contributed by atoms with Crippen molar-refractivity contribution in [1.82, 2.24) is 4.31 Å². The van der Waals surface area contributed by atoms with Crippen molar-refractivity contribution in [2.24, 2.45) is 5.92 Å². The first-order valence-corrected chi connectivity index (χ1v) is 11.4. The van der Waals surface area contributed by atoms with Gasteiger partial charge >= 0.3 is 0 Å². The Balaban J connectivity index is 1.89. The molecule has 5 nitrogen and oxygen atoms in total. The minimum atomic E-state index is -3.83. The molecule has 1 heterocycles. The fraction of sp³-hybridized carbons (Fsp3) is 0.316. The first-order chi connectivity index (χ1) is 13.2. The molecule has 0 spiro atoms. The first-order valence-electron chi connectivity index (χ1n) is 8.74. The average Bonchev–Trinajstić information content (AvgIpc) is 2.64. The van der Waals surface area contributed by atoms with Crippen LogP contribution < -0.4 is 5.32 Å². The number of piperidine rings is 1. The number of rotatable bonds is 4. The second-order valence-electron chi connectivity index (χ2n) is 6.83. The van der Waals surface area contributed by atoms with Crippen LogP contribution in [-0.2, 0) is 10.0 Å². The number of halogens is 3. The lowest BCUT2D eigenvalue weighted by molar-refractivity contribution is 0.102. The molecule has 0 aliphatic carbocycles. The predicted octanol–water partition coefficient (Wildman–Crippen LogP) is 4.91. The largest absolute Gasteiger partial charge is 0.319 e. The highest BCUT2D eigenvalue weighted by molar-refractivity contribution is 9.10. The Kier molecular flexibility index (Phi) is 6.44. The van der Waals surface area contributed by atoms with Crippen LogP contribution in [0.5, 0.6) is 0 Å². The standard InChI is InChI=1S/C19H19BrClFN2O3S/c1-12-3-2-8-24(11-12)28(26,27)18-9-13(4-6-15(18)21)19(25)23-17-7-5-14(20)10-16(17)22/h4-7,9-10,12H,2-3,8,11H2,1H3,(H,23,25). The van der Waals surface area contributed by atoms with Crippen LogP contribution >= 0.6 is 27.5 Å². The van der Waals surface area contributed by atoms with E-state index in [1.807, 2.05) is 6.92 Å². The van der Waals surface area contributed by atoms with E-state index in [2.05, 4.69) is 21.2 Å². The van der Waals surface area contributed by atoms with Gasteiger partial charge in [0.1, 0.15) is 10.7 Å². The normalized spacial score (nSPS) is 18.1. The number of nitrogens with zero attached hydrogens (tertiary/aromatic N) is 1. The van der Waals surface area contributed by atoms with Crippen molar-refractivity contribution in [2.45, 2.75) is 24.7 Å². The van der Waals surface area contributed by atoms with Crippen molar-refractivity contribution < 1.29 is 17.6 Å². The summed E-state index contributed by atoms with van der Waals surface area (Å²) in [6, 6.07) is 8.25. The number of sulfonamides is 1. The molecule has 1 fully saturated rings. The van der Waals surface area contributed by atoms with Gasteiger partial charge in [-0.3, -0.25) is 4.79 Å². The van der Waals surface area contributed by atoms with Crippen molar-refractivity contribution in [3.05, 3.63) is 57.3 Å². The summed E-state index contributed by atoms with van der Waals surface area (Å²) < 4.78 is 42.0. The average molecular weight is 490 g/mol. The summed E-state index contributed by atoms with van der Waals surface area (Å²) in [6.45, 7) is 2.84. The summed E-state index contributed by atoms with van der Waals surface area (Å²) in [6.07, 6.45) is 1.75. The van der Waals surface area contributed by atoms with Gasteiger partial charge in [0.15, 0.2) is 0 Å². The molecule has 1 aliphatic heterocycles. The van der Waals surface area contributed by atoms with Crippen LogP contribution in [0.2, 0.25) is 5.02 Å². The third-order valence-electron chi connectivity index (χ3n) is 4.61. The van der Waals surface area contributed by atoms with Gasteiger partial charge in [-0.15, -0.1) is 0 Å². The van der Waals surface area contributed by atoms with Crippen molar-refractivity contribution in [1.29, 1.82) is 0 Å². The van der Waals surface area contributed by atoms with Gasteiger partial charge in [-0.2, -0.15) is 4.31 Å². The first kappa shape index (κ1) is 21.2. The van der Waals surface area contributed by atoms with Crippen molar-refractivity contribution in [3.63, 3.8) is 0 Å². The van der Waals surface area contributed by atoms with Crippen molar-refractivity contribution in [2.75, 3.05) is 18.4 Å². The SMILES string of the molecule is CC1CCCN(S(=O)(=O)c2cc(C(=O)Nc3ccc(Br)cc3F)ccc2Cl)C1. The fourth-order valence-corrected chi connectivity index (χ4v) is 5.56. The number of carbonyl (C=O) groups is 1. The Hall–Kier alpha value is -1.48. The number of hydrogen-bond acceptors (Lipinski definition) is 3. The van der Waals surface area contributed by atoms with Gasteiger partial charge in [0.2, 0.25) is 10.0 Å². The number of carbonyl (C=O) groups excluding carboxylic acids is 1. The lowest BCUT2D eigenvalue weighted by atomic mass is 10.0. The lowest BCUT2D eigenvalue weighted by Crippen LogP contribution is -2.39. The number of amides is 1. The number of anilines is 1. The summed E-state index contributed by atoms with van der Waals surface area (Å²) in [5.74, 6) is -0.970. The molecule has 0 bridgehead atoms. The Morgan fingerprint density at radius 2 is 2.04 bits per heavy atom. The van der Waals surface area contributed by atoms with E-state index in [1.165, 1.54) is 34.6 Å². The summed E-state index contributed by atoms with van der Waals surface area (Å²) >= 11 is 9.29. The summed E-state index contributed by atoms with van der Waals surface area (Å²) in [4.78, 5) is 12.4. The van der Waals surface area contributed by atoms with Gasteiger partial charge in [0.25, 0.3) is 5.91 Å². The summed E-state index contributed by atoms with van der Waals surface area (Å²) in [7, 11) is -3.83. The molecule has 1 unspecified atom stereocenters. The van der Waals surface area contributed by atoms with Crippen LogP contribution in [0.4, 0.5) is 10.1 Å². The number of nitrogens with one attached hydrogen (secondary N) is 1. The molecule has 1 aliphatic rings. The molecule has 1 saturated heterocycles. The number of benzene rings is 2. The second kappa shape index (κ2) is 8.49. The lowest BCUT2D eigenvalue weighted by Gasteiger charge is -2.30. The quantitative estimate of drug-likeness (QED) is 0.663. The van der Waals surface area contributed by atoms with Crippen molar-refractivity contribution in [3.8, 4) is 0 Å². The van der Waals surface area contributed by atoms with E-state index in [9.17, 15) is 17.6 Å². The van der Waals surface area contributed by atoms with E-state index < -0.39 is 21.7 Å². The van der Waals surface area contributed by atoms with Gasteiger partial charge in [-0.05, 0) is 55.2 Å². The molecule has 2 aromatic carbocycles. The molecular formula is C19H19BrClFN2O3S. The van der Waals surface area contributed by atoms with Gasteiger partial charge in [-0.1, -0.05) is 34.5 Å².